The van der Waals surface area contributed by atoms with Gasteiger partial charge in [-0.1, -0.05) is 0 Å². The molecular weight excluding hydrogens is 74.1 g/mol. The summed E-state index contributed by atoms with van der Waals surface area (Å²) < 4.78 is 0. The van der Waals surface area contributed by atoms with Crippen molar-refractivity contribution in [3.63, 3.8) is 0 Å². The van der Waals surface area contributed by atoms with E-state index in [9.17, 15) is 0 Å². The van der Waals surface area contributed by atoms with E-state index in [2.05, 4.69) is 12.3 Å². The molecule has 0 atom stereocenters. The molecule has 0 bridgehead atoms. The molecule has 0 unspecified atom stereocenters. The van der Waals surface area contributed by atoms with E-state index in [4.69, 9.17) is 5.26 Å². The SMILES string of the molecule is C#CC.CC#N. The molecule has 0 spiro atoms. The van der Waals surface area contributed by atoms with Crippen molar-refractivity contribution in [1.29, 1.82) is 5.26 Å². The zero-order chi connectivity index (χ0) is 5.41. The fourth-order valence-corrected chi connectivity index (χ4v) is 0. The summed E-state index contributed by atoms with van der Waals surface area (Å²) in [5, 5.41) is 7.32. The summed E-state index contributed by atoms with van der Waals surface area (Å²) >= 11 is 0. The average molecular weight is 81.1 g/mol. The van der Waals surface area contributed by atoms with E-state index in [0.717, 1.165) is 0 Å². The van der Waals surface area contributed by atoms with Gasteiger partial charge in [0.15, 0.2) is 0 Å². The maximum Gasteiger partial charge on any atom is 0.0587 e. The molecular formula is C5H7N. The van der Waals surface area contributed by atoms with Crippen LogP contribution in [-0.4, -0.2) is 0 Å². The topological polar surface area (TPSA) is 23.8 Å². The fraction of sp³-hybridized carbons (Fsp3) is 0.400. The van der Waals surface area contributed by atoms with E-state index in [1.165, 1.54) is 6.92 Å². The van der Waals surface area contributed by atoms with Crippen LogP contribution in [-0.2, 0) is 0 Å². The van der Waals surface area contributed by atoms with E-state index in [1.807, 2.05) is 0 Å². The minimum Gasteiger partial charge on any atom is -0.199 e. The molecule has 0 aromatic rings. The van der Waals surface area contributed by atoms with Gasteiger partial charge in [-0.3, -0.25) is 0 Å². The molecule has 0 N–H and O–H groups in total. The van der Waals surface area contributed by atoms with Gasteiger partial charge in [0.05, 0.1) is 6.07 Å². The van der Waals surface area contributed by atoms with Crippen molar-refractivity contribution in [2.45, 2.75) is 13.8 Å². The fourth-order valence-electron chi connectivity index (χ4n) is 0. The van der Waals surface area contributed by atoms with Crippen molar-refractivity contribution < 1.29 is 0 Å². The highest BCUT2D eigenvalue weighted by Crippen LogP contribution is 1.22. The van der Waals surface area contributed by atoms with E-state index < -0.39 is 0 Å². The van der Waals surface area contributed by atoms with Crippen molar-refractivity contribution in [2.75, 3.05) is 0 Å². The molecule has 0 aromatic carbocycles. The molecule has 32 valence electrons. The standard InChI is InChI=1S/C3H4.C2H3N/c1-3-2;1-2-3/h1H,2H3;1H3. The van der Waals surface area contributed by atoms with Crippen molar-refractivity contribution in [3.05, 3.63) is 0 Å². The number of hydrogen-bond donors (Lipinski definition) is 0. The first-order valence-electron chi connectivity index (χ1n) is 1.51. The molecule has 0 amide bonds. The van der Waals surface area contributed by atoms with Crippen molar-refractivity contribution in [3.8, 4) is 18.4 Å². The van der Waals surface area contributed by atoms with E-state index in [0.29, 0.717) is 0 Å². The Morgan fingerprint density at radius 3 is 1.50 bits per heavy atom. The Hall–Kier alpha value is -0.950. The van der Waals surface area contributed by atoms with Gasteiger partial charge < -0.3 is 0 Å². The van der Waals surface area contributed by atoms with E-state index in [1.54, 1.807) is 13.0 Å². The minimum atomic E-state index is 1.43. The highest BCUT2D eigenvalue weighted by Gasteiger charge is 1.17. The number of nitriles is 1. The highest BCUT2D eigenvalue weighted by molar-refractivity contribution is 4.73. The summed E-state index contributed by atoms with van der Waals surface area (Å²) in [6.45, 7) is 3.08. The molecule has 0 saturated carbocycles. The molecule has 0 saturated heterocycles. The Balaban J connectivity index is 0. The summed E-state index contributed by atoms with van der Waals surface area (Å²) in [7, 11) is 0. The van der Waals surface area contributed by atoms with Crippen LogP contribution in [0.25, 0.3) is 0 Å². The molecule has 1 nitrogen and oxygen atoms in total. The van der Waals surface area contributed by atoms with E-state index in [-0.39, 0.29) is 0 Å². The minimum absolute atomic E-state index is 1.43. The van der Waals surface area contributed by atoms with Crippen LogP contribution in [0.1, 0.15) is 13.8 Å². The van der Waals surface area contributed by atoms with Crippen molar-refractivity contribution in [1.82, 2.24) is 0 Å². The first-order chi connectivity index (χ1) is 2.83. The van der Waals surface area contributed by atoms with Gasteiger partial charge in [0.25, 0.3) is 0 Å². The lowest BCUT2D eigenvalue weighted by Crippen LogP contribution is -1.10. The van der Waals surface area contributed by atoms with Crippen LogP contribution in [0.15, 0.2) is 0 Å². The summed E-state index contributed by atoms with van der Waals surface area (Å²) in [6.07, 6.45) is 4.60. The molecule has 0 radical (unpaired) electrons. The monoisotopic (exact) mass is 81.1 g/mol. The van der Waals surface area contributed by atoms with Gasteiger partial charge in [-0.15, -0.1) is 12.3 Å². The molecule has 1 heteroatoms. The summed E-state index contributed by atoms with van der Waals surface area (Å²) in [6, 6.07) is 1.75. The van der Waals surface area contributed by atoms with Crippen LogP contribution >= 0.6 is 0 Å². The highest BCUT2D eigenvalue weighted by atomic mass is 14.2. The van der Waals surface area contributed by atoms with Gasteiger partial charge in [-0.25, -0.2) is 0 Å². The molecule has 0 aliphatic carbocycles. The van der Waals surface area contributed by atoms with Crippen LogP contribution in [0.5, 0.6) is 0 Å². The molecule has 0 aromatic heterocycles. The third-order valence-corrected chi connectivity index (χ3v) is 0. The van der Waals surface area contributed by atoms with Crippen LogP contribution in [0.4, 0.5) is 0 Å². The Morgan fingerprint density at radius 1 is 1.50 bits per heavy atom. The largest absolute Gasteiger partial charge is 0.199 e. The van der Waals surface area contributed by atoms with Crippen molar-refractivity contribution >= 4 is 0 Å². The Labute approximate surface area is 38.6 Å². The molecule has 0 heterocycles. The first kappa shape index (κ1) is 8.90. The van der Waals surface area contributed by atoms with Crippen LogP contribution in [0, 0.1) is 23.7 Å². The zero-order valence-electron chi connectivity index (χ0n) is 4.02. The van der Waals surface area contributed by atoms with Gasteiger partial charge in [0.1, 0.15) is 0 Å². The summed E-state index contributed by atoms with van der Waals surface area (Å²) in [5.41, 5.74) is 0. The average Bonchev–Trinajstić information content (AvgIpc) is 1.39. The number of hydrogen-bond acceptors (Lipinski definition) is 1. The Kier molecular flexibility index (Phi) is 50.7. The molecule has 0 fully saturated rings. The molecule has 0 aliphatic heterocycles. The second-order valence-electron chi connectivity index (χ2n) is 0.512. The smallest absolute Gasteiger partial charge is 0.0587 e. The predicted octanol–water partition coefficient (Wildman–Crippen LogP) is 1.17. The second-order valence-corrected chi connectivity index (χ2v) is 0.512. The predicted molar refractivity (Wildman–Crippen MR) is 25.8 cm³/mol. The number of terminal acetylenes is 1. The first-order valence-corrected chi connectivity index (χ1v) is 1.51. The van der Waals surface area contributed by atoms with Gasteiger partial charge >= 0.3 is 0 Å². The lowest BCUT2D eigenvalue weighted by atomic mass is 10.9. The third kappa shape index (κ3) is 14.2. The summed E-state index contributed by atoms with van der Waals surface area (Å²) in [4.78, 5) is 0. The number of nitrogens with zero attached hydrogens (tertiary/aromatic N) is 1. The Morgan fingerprint density at radius 2 is 1.50 bits per heavy atom. The molecule has 0 rings (SSSR count). The van der Waals surface area contributed by atoms with Gasteiger partial charge in [0, 0.05) is 6.92 Å². The van der Waals surface area contributed by atoms with E-state index >= 15 is 0 Å². The lowest BCUT2D eigenvalue weighted by Gasteiger charge is -1.23. The summed E-state index contributed by atoms with van der Waals surface area (Å²) in [5.74, 6) is 2.25. The second kappa shape index (κ2) is 34.2. The normalized spacial score (nSPS) is 2.67. The third-order valence-electron chi connectivity index (χ3n) is 0. The quantitative estimate of drug-likeness (QED) is 0.401. The van der Waals surface area contributed by atoms with Crippen molar-refractivity contribution in [2.24, 2.45) is 0 Å². The zero-order valence-corrected chi connectivity index (χ0v) is 4.02. The molecule has 6 heavy (non-hydrogen) atoms. The maximum absolute atomic E-state index is 7.32. The van der Waals surface area contributed by atoms with Crippen LogP contribution in [0.2, 0.25) is 0 Å². The van der Waals surface area contributed by atoms with Gasteiger partial charge in [-0.05, 0) is 6.92 Å². The number of rotatable bonds is 0. The van der Waals surface area contributed by atoms with Crippen LogP contribution < -0.4 is 0 Å². The molecule has 0 aliphatic rings. The maximum atomic E-state index is 7.32. The lowest BCUT2D eigenvalue weighted by molar-refractivity contribution is 1.49. The Bertz CT molecular complexity index is 58.9. The van der Waals surface area contributed by atoms with Gasteiger partial charge in [-0.2, -0.15) is 5.26 Å². The van der Waals surface area contributed by atoms with Gasteiger partial charge in [0.2, 0.25) is 0 Å². The van der Waals surface area contributed by atoms with Crippen LogP contribution in [0.3, 0.4) is 0 Å².